The first-order valence-corrected chi connectivity index (χ1v) is 15.0. The molecule has 0 bridgehead atoms. The third-order valence-corrected chi connectivity index (χ3v) is 8.37. The molecule has 1 aromatic heterocycles. The number of imidazole rings is 1. The molecule has 2 heterocycles. The van der Waals surface area contributed by atoms with Gasteiger partial charge in [0.05, 0.1) is 16.2 Å². The summed E-state index contributed by atoms with van der Waals surface area (Å²) < 4.78 is 7.67. The molecule has 0 unspecified atom stereocenters. The minimum absolute atomic E-state index is 0.0177. The molecule has 10 heteroatoms. The largest absolute Gasteiger partial charge is 0.484 e. The van der Waals surface area contributed by atoms with E-state index < -0.39 is 0 Å². The van der Waals surface area contributed by atoms with E-state index in [2.05, 4.69) is 62.4 Å². The molecule has 0 aliphatic carbocycles. The number of piperidine rings is 1. The van der Waals surface area contributed by atoms with Crippen LogP contribution in [0.25, 0.3) is 22.4 Å². The van der Waals surface area contributed by atoms with Crippen molar-refractivity contribution in [2.24, 2.45) is 0 Å². The minimum Gasteiger partial charge on any atom is -0.484 e. The van der Waals surface area contributed by atoms with Crippen LogP contribution in [0.2, 0.25) is 5.02 Å². The number of hydrogen-bond acceptors (Lipinski definition) is 7. The van der Waals surface area contributed by atoms with Crippen molar-refractivity contribution < 1.29 is 9.53 Å². The summed E-state index contributed by atoms with van der Waals surface area (Å²) in [5.41, 5.74) is 6.12. The van der Waals surface area contributed by atoms with Crippen LogP contribution >= 0.6 is 23.5 Å². The molecule has 210 valence electrons. The van der Waals surface area contributed by atoms with Crippen LogP contribution in [0, 0.1) is 0 Å². The van der Waals surface area contributed by atoms with Gasteiger partial charge in [-0.1, -0.05) is 35.7 Å². The van der Waals surface area contributed by atoms with Gasteiger partial charge in [0.1, 0.15) is 17.1 Å². The van der Waals surface area contributed by atoms with Gasteiger partial charge in [-0.05, 0) is 66.9 Å². The molecule has 1 amide bonds. The number of hydrogen-bond donors (Lipinski definition) is 3. The van der Waals surface area contributed by atoms with Gasteiger partial charge in [-0.25, -0.2) is 4.98 Å². The number of carbonyl (C=O) groups excluding carboxylic acids is 1. The van der Waals surface area contributed by atoms with E-state index in [4.69, 9.17) is 21.3 Å². The lowest BCUT2D eigenvalue weighted by atomic mass is 10.0. The first-order valence-electron chi connectivity index (χ1n) is 13.4. The number of likely N-dealkylation sites (tertiary alicyclic amines) is 1. The monoisotopic (exact) mass is 578 g/mol. The molecule has 0 saturated carbocycles. The van der Waals surface area contributed by atoms with E-state index in [1.54, 1.807) is 19.0 Å². The molecule has 1 fully saturated rings. The van der Waals surface area contributed by atoms with E-state index in [1.807, 2.05) is 36.4 Å². The predicted molar refractivity (Wildman–Crippen MR) is 166 cm³/mol. The molecule has 1 aliphatic heterocycles. The number of aromatic nitrogens is 2. The molecule has 3 N–H and O–H groups in total. The maximum Gasteiger partial charge on any atom is 0.257 e. The quantitative estimate of drug-likeness (QED) is 0.205. The van der Waals surface area contributed by atoms with Crippen molar-refractivity contribution in [2.45, 2.75) is 25.4 Å². The van der Waals surface area contributed by atoms with E-state index in [0.29, 0.717) is 16.8 Å². The van der Waals surface area contributed by atoms with Gasteiger partial charge in [-0.15, -0.1) is 0 Å². The summed E-state index contributed by atoms with van der Waals surface area (Å²) in [6.45, 7) is 3.00. The SMILES string of the molecule is CNC(=O)COc1ccc(-c2nc3c(NC4CCN(Cc5ccc(N(C)SC)cc5)CC4)c(Cl)ccc3[nH]2)cc1. The van der Waals surface area contributed by atoms with Crippen LogP contribution in [0.4, 0.5) is 11.4 Å². The highest BCUT2D eigenvalue weighted by molar-refractivity contribution is 7.99. The van der Waals surface area contributed by atoms with Crippen LogP contribution in [0.3, 0.4) is 0 Å². The Kier molecular flexibility index (Phi) is 9.04. The molecule has 5 rings (SSSR count). The third-order valence-electron chi connectivity index (χ3n) is 7.30. The number of halogens is 1. The number of likely N-dealkylation sites (N-methyl/N-ethyl adjacent to an activating group) is 1. The summed E-state index contributed by atoms with van der Waals surface area (Å²) >= 11 is 8.38. The van der Waals surface area contributed by atoms with E-state index in [0.717, 1.165) is 60.6 Å². The van der Waals surface area contributed by atoms with Crippen molar-refractivity contribution in [2.75, 3.05) is 49.7 Å². The van der Waals surface area contributed by atoms with Gasteiger partial charge in [0.15, 0.2) is 6.61 Å². The molecule has 40 heavy (non-hydrogen) atoms. The topological polar surface area (TPSA) is 85.5 Å². The Morgan fingerprint density at radius 3 is 2.52 bits per heavy atom. The zero-order valence-corrected chi connectivity index (χ0v) is 24.6. The maximum atomic E-state index is 11.4. The van der Waals surface area contributed by atoms with Gasteiger partial charge in [0, 0.05) is 57.3 Å². The summed E-state index contributed by atoms with van der Waals surface area (Å²) in [5, 5.41) is 6.92. The second-order valence-corrected chi connectivity index (χ2v) is 11.3. The van der Waals surface area contributed by atoms with Crippen LogP contribution in [0.15, 0.2) is 60.7 Å². The van der Waals surface area contributed by atoms with Gasteiger partial charge in [0.2, 0.25) is 0 Å². The normalized spacial score (nSPS) is 14.3. The van der Waals surface area contributed by atoms with Gasteiger partial charge >= 0.3 is 0 Å². The Balaban J connectivity index is 1.21. The fourth-order valence-corrected chi connectivity index (χ4v) is 5.41. The van der Waals surface area contributed by atoms with Crippen LogP contribution < -0.4 is 19.7 Å². The van der Waals surface area contributed by atoms with E-state index in [1.165, 1.54) is 11.3 Å². The molecular weight excluding hydrogens is 544 g/mol. The number of nitrogens with one attached hydrogen (secondary N) is 3. The van der Waals surface area contributed by atoms with E-state index >= 15 is 0 Å². The molecule has 3 aromatic carbocycles. The van der Waals surface area contributed by atoms with E-state index in [-0.39, 0.29) is 12.5 Å². The van der Waals surface area contributed by atoms with Gasteiger partial charge in [-0.3, -0.25) is 9.69 Å². The molecular formula is C30H35ClN6O2S. The first-order chi connectivity index (χ1) is 19.4. The van der Waals surface area contributed by atoms with Gasteiger partial charge in [0.25, 0.3) is 5.91 Å². The molecule has 4 aromatic rings. The Hall–Kier alpha value is -3.40. The van der Waals surface area contributed by atoms with Crippen molar-refractivity contribution in [1.82, 2.24) is 20.2 Å². The van der Waals surface area contributed by atoms with E-state index in [9.17, 15) is 4.79 Å². The number of ether oxygens (including phenoxy) is 1. The van der Waals surface area contributed by atoms with Crippen LogP contribution in [-0.4, -0.2) is 66.9 Å². The maximum absolute atomic E-state index is 11.4. The molecule has 1 saturated heterocycles. The van der Waals surface area contributed by atoms with Crippen molar-refractivity contribution in [3.8, 4) is 17.1 Å². The summed E-state index contributed by atoms with van der Waals surface area (Å²) in [4.78, 5) is 22.3. The second-order valence-electron chi connectivity index (χ2n) is 9.93. The lowest BCUT2D eigenvalue weighted by Gasteiger charge is -2.33. The number of benzene rings is 3. The van der Waals surface area contributed by atoms with Crippen molar-refractivity contribution in [3.63, 3.8) is 0 Å². The molecule has 1 aliphatic rings. The van der Waals surface area contributed by atoms with Crippen LogP contribution in [-0.2, 0) is 11.3 Å². The fourth-order valence-electron chi connectivity index (χ4n) is 4.87. The summed E-state index contributed by atoms with van der Waals surface area (Å²) in [7, 11) is 3.67. The number of fused-ring (bicyclic) bond motifs is 1. The molecule has 0 radical (unpaired) electrons. The number of aromatic amines is 1. The number of anilines is 2. The number of H-pyrrole nitrogens is 1. The average molecular weight is 579 g/mol. The average Bonchev–Trinajstić information content (AvgIpc) is 3.43. The first kappa shape index (κ1) is 28.1. The van der Waals surface area contributed by atoms with Crippen molar-refractivity contribution in [1.29, 1.82) is 0 Å². The molecule has 0 atom stereocenters. The highest BCUT2D eigenvalue weighted by atomic mass is 35.5. The number of rotatable bonds is 10. The highest BCUT2D eigenvalue weighted by Gasteiger charge is 2.22. The summed E-state index contributed by atoms with van der Waals surface area (Å²) in [6.07, 6.45) is 4.15. The standard InChI is InChI=1S/C30H35ClN6O2S/c1-32-27(38)19-39-24-10-6-21(7-11-24)30-34-26-13-12-25(31)28(29(26)35-30)33-22-14-16-37(17-15-22)18-20-4-8-23(9-5-20)36(2)40-3/h4-13,22,33H,14-19H2,1-3H3,(H,32,38)(H,34,35). The second kappa shape index (κ2) is 12.8. The predicted octanol–water partition coefficient (Wildman–Crippen LogP) is 5.80. The van der Waals surface area contributed by atoms with Crippen molar-refractivity contribution >= 4 is 51.9 Å². The van der Waals surface area contributed by atoms with Crippen molar-refractivity contribution in [3.05, 3.63) is 71.2 Å². The number of nitrogens with zero attached hydrogens (tertiary/aromatic N) is 3. The number of amides is 1. The molecule has 0 spiro atoms. The van der Waals surface area contributed by atoms with Crippen LogP contribution in [0.1, 0.15) is 18.4 Å². The Labute approximate surface area is 244 Å². The van der Waals surface area contributed by atoms with Gasteiger partial charge in [-0.2, -0.15) is 0 Å². The zero-order valence-electron chi connectivity index (χ0n) is 23.0. The Bertz CT molecular complexity index is 1440. The lowest BCUT2D eigenvalue weighted by Crippen LogP contribution is -2.38. The number of carbonyl (C=O) groups is 1. The summed E-state index contributed by atoms with van der Waals surface area (Å²) in [6, 6.07) is 20.6. The smallest absolute Gasteiger partial charge is 0.257 e. The Morgan fingerprint density at radius 2 is 1.85 bits per heavy atom. The zero-order chi connectivity index (χ0) is 28.1. The minimum atomic E-state index is -0.173. The highest BCUT2D eigenvalue weighted by Crippen LogP contribution is 2.34. The summed E-state index contributed by atoms with van der Waals surface area (Å²) in [5.74, 6) is 1.21. The Morgan fingerprint density at radius 1 is 1.12 bits per heavy atom. The third kappa shape index (κ3) is 6.66. The fraction of sp³-hybridized carbons (Fsp3) is 0.333. The van der Waals surface area contributed by atoms with Gasteiger partial charge < -0.3 is 24.7 Å². The lowest BCUT2D eigenvalue weighted by molar-refractivity contribution is -0.122. The molecule has 8 nitrogen and oxygen atoms in total. The van der Waals surface area contributed by atoms with Crippen LogP contribution in [0.5, 0.6) is 5.75 Å².